The molecule has 32 heavy (non-hydrogen) atoms. The molecule has 0 radical (unpaired) electrons. The molecule has 164 valence electrons. The number of anilines is 2. The smallest absolute Gasteiger partial charge is 0.236 e. The van der Waals surface area contributed by atoms with Crippen LogP contribution in [0.3, 0.4) is 0 Å². The first kappa shape index (κ1) is 20.3. The van der Waals surface area contributed by atoms with Gasteiger partial charge in [-0.3, -0.25) is 9.79 Å². The summed E-state index contributed by atoms with van der Waals surface area (Å²) < 4.78 is 29.8. The number of rotatable bonds is 4. The predicted molar refractivity (Wildman–Crippen MR) is 118 cm³/mol. The van der Waals surface area contributed by atoms with Gasteiger partial charge in [0.15, 0.2) is 5.65 Å². The number of dihydropyridines is 1. The van der Waals surface area contributed by atoms with Crippen LogP contribution in [0.25, 0.3) is 5.65 Å². The molecule has 1 N–H and O–H groups in total. The number of fused-ring (bicyclic) bond motifs is 1. The van der Waals surface area contributed by atoms with E-state index in [1.807, 2.05) is 17.9 Å². The fourth-order valence-corrected chi connectivity index (χ4v) is 4.27. The summed E-state index contributed by atoms with van der Waals surface area (Å²) in [6.07, 6.45) is 10.1. The highest BCUT2D eigenvalue weighted by molar-refractivity contribution is 6.00. The van der Waals surface area contributed by atoms with Gasteiger partial charge in [0.2, 0.25) is 5.91 Å². The highest BCUT2D eigenvalue weighted by atomic mass is 19.1. The second-order valence-corrected chi connectivity index (χ2v) is 8.35. The highest BCUT2D eigenvalue weighted by Gasteiger charge is 2.33. The zero-order valence-electron chi connectivity index (χ0n) is 17.5. The zero-order valence-corrected chi connectivity index (χ0v) is 17.5. The number of benzene rings is 1. The molecule has 2 atom stereocenters. The van der Waals surface area contributed by atoms with E-state index >= 15 is 0 Å². The lowest BCUT2D eigenvalue weighted by Crippen LogP contribution is -2.35. The van der Waals surface area contributed by atoms with Crippen molar-refractivity contribution in [2.75, 3.05) is 23.3 Å². The monoisotopic (exact) mass is 436 g/mol. The summed E-state index contributed by atoms with van der Waals surface area (Å²) in [5, 5.41) is 7.19. The van der Waals surface area contributed by atoms with E-state index < -0.39 is 17.0 Å². The topological polar surface area (TPSA) is 74.9 Å². The van der Waals surface area contributed by atoms with Crippen LogP contribution in [0.5, 0.6) is 0 Å². The van der Waals surface area contributed by atoms with Gasteiger partial charge in [0, 0.05) is 24.5 Å². The molecule has 4 heterocycles. The van der Waals surface area contributed by atoms with Crippen molar-refractivity contribution in [2.24, 2.45) is 10.4 Å². The summed E-state index contributed by atoms with van der Waals surface area (Å²) in [5.41, 5.74) is 0.529. The molecule has 0 bridgehead atoms. The van der Waals surface area contributed by atoms with Crippen LogP contribution >= 0.6 is 0 Å². The third-order valence-corrected chi connectivity index (χ3v) is 6.06. The standard InChI is InChI=1S/C23H22F2N6O/c1-23(8-3-9-26-14-23)22(32)28-18-13-27-31-11-7-20(29-21(18)31)30-10-2-4-19(30)16-12-15(24)5-6-17(16)25/h3,5-9,11-13,19H,2,4,10,14H2,1H3,(H,28,32). The molecular weight excluding hydrogens is 414 g/mol. The molecule has 2 aliphatic heterocycles. The molecule has 0 spiro atoms. The lowest BCUT2D eigenvalue weighted by atomic mass is 9.88. The van der Waals surface area contributed by atoms with Crippen LogP contribution in [-0.2, 0) is 4.79 Å². The number of hydrogen-bond donors (Lipinski definition) is 1. The summed E-state index contributed by atoms with van der Waals surface area (Å²) in [5.74, 6) is -0.480. The van der Waals surface area contributed by atoms with E-state index in [0.29, 0.717) is 42.2 Å². The maximum Gasteiger partial charge on any atom is 0.236 e. The minimum Gasteiger partial charge on any atom is -0.349 e. The van der Waals surface area contributed by atoms with Gasteiger partial charge in [0.05, 0.1) is 24.2 Å². The number of halogens is 2. The van der Waals surface area contributed by atoms with Gasteiger partial charge in [0.25, 0.3) is 0 Å². The van der Waals surface area contributed by atoms with Gasteiger partial charge in [-0.1, -0.05) is 6.08 Å². The Hall–Kier alpha value is -3.62. The Bertz CT molecular complexity index is 1250. The minimum absolute atomic E-state index is 0.200. The molecule has 7 nitrogen and oxygen atoms in total. The van der Waals surface area contributed by atoms with Gasteiger partial charge < -0.3 is 10.2 Å². The van der Waals surface area contributed by atoms with Gasteiger partial charge in [-0.2, -0.15) is 5.10 Å². The molecular formula is C23H22F2N6O. The third kappa shape index (κ3) is 3.53. The van der Waals surface area contributed by atoms with Crippen LogP contribution in [0.4, 0.5) is 20.3 Å². The van der Waals surface area contributed by atoms with Crippen LogP contribution < -0.4 is 10.2 Å². The van der Waals surface area contributed by atoms with Crippen molar-refractivity contribution in [3.8, 4) is 0 Å². The van der Waals surface area contributed by atoms with E-state index in [4.69, 9.17) is 4.98 Å². The number of nitrogens with one attached hydrogen (secondary N) is 1. The first-order valence-corrected chi connectivity index (χ1v) is 10.5. The number of nitrogens with zero attached hydrogens (tertiary/aromatic N) is 5. The normalized spacial score (nSPS) is 22.6. The predicted octanol–water partition coefficient (Wildman–Crippen LogP) is 3.93. The number of allylic oxidation sites excluding steroid dienone is 1. The number of aromatic nitrogens is 3. The Morgan fingerprint density at radius 1 is 1.28 bits per heavy atom. The molecule has 0 saturated carbocycles. The van der Waals surface area contributed by atoms with E-state index in [2.05, 4.69) is 15.4 Å². The molecule has 9 heteroatoms. The molecule has 3 aromatic rings. The minimum atomic E-state index is -0.754. The van der Waals surface area contributed by atoms with Crippen LogP contribution in [0.1, 0.15) is 31.4 Å². The molecule has 2 unspecified atom stereocenters. The second-order valence-electron chi connectivity index (χ2n) is 8.35. The van der Waals surface area contributed by atoms with Crippen molar-refractivity contribution in [1.29, 1.82) is 0 Å². The SMILES string of the molecule is CC1(C(=O)Nc2cnn3ccc(N4CCCC4c4cc(F)ccc4F)nc23)C=CC=NC1. The van der Waals surface area contributed by atoms with E-state index in [1.54, 1.807) is 35.3 Å². The van der Waals surface area contributed by atoms with E-state index in [1.165, 1.54) is 6.07 Å². The first-order chi connectivity index (χ1) is 15.4. The Kier molecular flexibility index (Phi) is 4.96. The summed E-state index contributed by atoms with van der Waals surface area (Å²) in [6, 6.07) is 5.01. The van der Waals surface area contributed by atoms with E-state index in [9.17, 15) is 13.6 Å². The number of carbonyl (C=O) groups excluding carboxylic acids is 1. The molecule has 1 amide bonds. The number of hydrogen-bond acceptors (Lipinski definition) is 5. The number of carbonyl (C=O) groups is 1. The van der Waals surface area contributed by atoms with Gasteiger partial charge in [-0.25, -0.2) is 18.3 Å². The molecule has 5 rings (SSSR count). The van der Waals surface area contributed by atoms with E-state index in [-0.39, 0.29) is 11.9 Å². The lowest BCUT2D eigenvalue weighted by Gasteiger charge is -2.26. The van der Waals surface area contributed by atoms with Gasteiger partial charge in [-0.15, -0.1) is 0 Å². The van der Waals surface area contributed by atoms with Crippen molar-refractivity contribution in [3.05, 3.63) is 66.0 Å². The van der Waals surface area contributed by atoms with Crippen molar-refractivity contribution in [2.45, 2.75) is 25.8 Å². The highest BCUT2D eigenvalue weighted by Crippen LogP contribution is 2.37. The van der Waals surface area contributed by atoms with E-state index in [0.717, 1.165) is 18.6 Å². The number of aliphatic imine (C=N–C) groups is 1. The molecule has 1 aromatic carbocycles. The van der Waals surface area contributed by atoms with Gasteiger partial charge in [-0.05, 0) is 50.1 Å². The molecule has 0 aliphatic carbocycles. The Labute approximate surface area is 183 Å². The number of amides is 1. The Morgan fingerprint density at radius 3 is 2.97 bits per heavy atom. The molecule has 2 aromatic heterocycles. The van der Waals surface area contributed by atoms with Crippen molar-refractivity contribution in [3.63, 3.8) is 0 Å². The van der Waals surface area contributed by atoms with Crippen molar-refractivity contribution in [1.82, 2.24) is 14.6 Å². The quantitative estimate of drug-likeness (QED) is 0.673. The van der Waals surface area contributed by atoms with Crippen molar-refractivity contribution >= 4 is 29.3 Å². The van der Waals surface area contributed by atoms with Crippen LogP contribution in [0.15, 0.2) is 53.8 Å². The summed E-state index contributed by atoms with van der Waals surface area (Å²) in [6.45, 7) is 2.85. The maximum absolute atomic E-state index is 14.4. The fraction of sp³-hybridized carbons (Fsp3) is 0.304. The lowest BCUT2D eigenvalue weighted by molar-refractivity contribution is -0.122. The average Bonchev–Trinajstić information content (AvgIpc) is 3.43. The Balaban J connectivity index is 1.46. The molecule has 2 aliphatic rings. The molecule has 1 saturated heterocycles. The molecule has 1 fully saturated rings. The van der Waals surface area contributed by atoms with Gasteiger partial charge in [0.1, 0.15) is 23.1 Å². The van der Waals surface area contributed by atoms with Crippen LogP contribution in [-0.4, -0.2) is 39.8 Å². The average molecular weight is 436 g/mol. The van der Waals surface area contributed by atoms with Crippen LogP contribution in [0.2, 0.25) is 0 Å². The Morgan fingerprint density at radius 2 is 2.16 bits per heavy atom. The first-order valence-electron chi connectivity index (χ1n) is 10.5. The van der Waals surface area contributed by atoms with Crippen molar-refractivity contribution < 1.29 is 13.6 Å². The maximum atomic E-state index is 14.4. The summed E-state index contributed by atoms with van der Waals surface area (Å²) in [4.78, 5) is 23.8. The third-order valence-electron chi connectivity index (χ3n) is 6.06. The summed E-state index contributed by atoms with van der Waals surface area (Å²) >= 11 is 0. The largest absolute Gasteiger partial charge is 0.349 e. The second kappa shape index (κ2) is 7.81. The fourth-order valence-electron chi connectivity index (χ4n) is 4.27. The summed E-state index contributed by atoms with van der Waals surface area (Å²) in [7, 11) is 0. The van der Waals surface area contributed by atoms with Gasteiger partial charge >= 0.3 is 0 Å². The zero-order chi connectivity index (χ0) is 22.3. The van der Waals surface area contributed by atoms with Crippen LogP contribution in [0, 0.1) is 17.0 Å².